The Kier molecular flexibility index (Phi) is 7.61. The van der Waals surface area contributed by atoms with E-state index in [2.05, 4.69) is 34.6 Å². The third kappa shape index (κ3) is 5.40. The SMILES string of the molecule is Cc1ccc(C)c(NC(=O)[C@@H](NCC2(N3CCOCC3)CCCCC2)c2ccccc2)c1. The number of anilines is 1. The van der Waals surface area contributed by atoms with Gasteiger partial charge in [0.25, 0.3) is 0 Å². The third-order valence-electron chi connectivity index (χ3n) is 7.15. The van der Waals surface area contributed by atoms with Crippen molar-refractivity contribution in [3.63, 3.8) is 0 Å². The van der Waals surface area contributed by atoms with Crippen LogP contribution in [0, 0.1) is 13.8 Å². The molecule has 2 N–H and O–H groups in total. The lowest BCUT2D eigenvalue weighted by Crippen LogP contribution is -2.59. The summed E-state index contributed by atoms with van der Waals surface area (Å²) in [7, 11) is 0. The summed E-state index contributed by atoms with van der Waals surface area (Å²) >= 11 is 0. The second-order valence-corrected chi connectivity index (χ2v) is 9.42. The van der Waals surface area contributed by atoms with Gasteiger partial charge in [-0.1, -0.05) is 61.7 Å². The zero-order valence-corrected chi connectivity index (χ0v) is 19.5. The fourth-order valence-electron chi connectivity index (χ4n) is 5.23. The lowest BCUT2D eigenvalue weighted by atomic mass is 9.79. The molecule has 2 aliphatic rings. The Bertz CT molecular complexity index is 887. The summed E-state index contributed by atoms with van der Waals surface area (Å²) in [6, 6.07) is 15.9. The van der Waals surface area contributed by atoms with Crippen molar-refractivity contribution in [2.24, 2.45) is 0 Å². The molecule has 0 spiro atoms. The molecule has 4 rings (SSSR count). The topological polar surface area (TPSA) is 53.6 Å². The van der Waals surface area contributed by atoms with Crippen LogP contribution in [-0.2, 0) is 9.53 Å². The molecule has 1 heterocycles. The molecule has 2 aromatic carbocycles. The van der Waals surface area contributed by atoms with E-state index in [-0.39, 0.29) is 11.4 Å². The lowest BCUT2D eigenvalue weighted by Gasteiger charge is -2.48. The number of benzene rings is 2. The van der Waals surface area contributed by atoms with Gasteiger partial charge in [0.15, 0.2) is 0 Å². The highest BCUT2D eigenvalue weighted by Crippen LogP contribution is 2.34. The first-order valence-corrected chi connectivity index (χ1v) is 12.1. The van der Waals surface area contributed by atoms with E-state index in [1.54, 1.807) is 0 Å². The number of hydrogen-bond donors (Lipinski definition) is 2. The summed E-state index contributed by atoms with van der Waals surface area (Å²) in [5, 5.41) is 6.90. The molecule has 172 valence electrons. The molecule has 0 unspecified atom stereocenters. The van der Waals surface area contributed by atoms with Gasteiger partial charge in [0.2, 0.25) is 5.91 Å². The van der Waals surface area contributed by atoms with Gasteiger partial charge in [-0.05, 0) is 49.4 Å². The molecular weight excluding hydrogens is 398 g/mol. The average molecular weight is 436 g/mol. The maximum atomic E-state index is 13.5. The van der Waals surface area contributed by atoms with Crippen LogP contribution in [0.25, 0.3) is 0 Å². The zero-order valence-electron chi connectivity index (χ0n) is 19.5. The van der Waals surface area contributed by atoms with Crippen molar-refractivity contribution < 1.29 is 9.53 Å². The van der Waals surface area contributed by atoms with Gasteiger partial charge in [-0.3, -0.25) is 9.69 Å². The van der Waals surface area contributed by atoms with Gasteiger partial charge in [-0.15, -0.1) is 0 Å². The predicted molar refractivity (Wildman–Crippen MR) is 130 cm³/mol. The highest BCUT2D eigenvalue weighted by molar-refractivity contribution is 5.96. The smallest absolute Gasteiger partial charge is 0.246 e. The van der Waals surface area contributed by atoms with Gasteiger partial charge in [0, 0.05) is 30.9 Å². The van der Waals surface area contributed by atoms with E-state index < -0.39 is 6.04 Å². The fraction of sp³-hybridized carbons (Fsp3) is 0.519. The van der Waals surface area contributed by atoms with Crippen molar-refractivity contribution >= 4 is 11.6 Å². The van der Waals surface area contributed by atoms with Crippen LogP contribution in [0.1, 0.15) is 54.8 Å². The number of ether oxygens (including phenoxy) is 1. The minimum Gasteiger partial charge on any atom is -0.379 e. The standard InChI is InChI=1S/C27H37N3O2/c1-21-11-12-22(2)24(19-21)29-26(31)25(23-9-5-3-6-10-23)28-20-27(13-7-4-8-14-27)30-15-17-32-18-16-30/h3,5-6,9-12,19,25,28H,4,7-8,13-18,20H2,1-2H3,(H,29,31)/t25-/m0/s1. The third-order valence-corrected chi connectivity index (χ3v) is 7.15. The van der Waals surface area contributed by atoms with Crippen LogP contribution < -0.4 is 10.6 Å². The van der Waals surface area contributed by atoms with E-state index in [4.69, 9.17) is 4.74 Å². The number of carbonyl (C=O) groups excluding carboxylic acids is 1. The van der Waals surface area contributed by atoms with Gasteiger partial charge < -0.3 is 15.4 Å². The van der Waals surface area contributed by atoms with Crippen molar-refractivity contribution in [3.8, 4) is 0 Å². The molecular formula is C27H37N3O2. The molecule has 2 aromatic rings. The molecule has 1 saturated carbocycles. The molecule has 1 amide bonds. The molecule has 0 radical (unpaired) electrons. The van der Waals surface area contributed by atoms with Crippen molar-refractivity contribution in [2.45, 2.75) is 57.5 Å². The van der Waals surface area contributed by atoms with E-state index in [9.17, 15) is 4.79 Å². The summed E-state index contributed by atoms with van der Waals surface area (Å²) in [6.07, 6.45) is 6.18. The van der Waals surface area contributed by atoms with Crippen molar-refractivity contribution in [1.29, 1.82) is 0 Å². The number of nitrogens with one attached hydrogen (secondary N) is 2. The molecule has 2 fully saturated rings. The average Bonchev–Trinajstić information content (AvgIpc) is 2.83. The predicted octanol–water partition coefficient (Wildman–Crippen LogP) is 4.61. The number of carbonyl (C=O) groups is 1. The highest BCUT2D eigenvalue weighted by atomic mass is 16.5. The molecule has 32 heavy (non-hydrogen) atoms. The second-order valence-electron chi connectivity index (χ2n) is 9.42. The van der Waals surface area contributed by atoms with E-state index in [1.165, 1.54) is 32.1 Å². The molecule has 5 heteroatoms. The van der Waals surface area contributed by atoms with E-state index >= 15 is 0 Å². The van der Waals surface area contributed by atoms with E-state index in [0.717, 1.165) is 55.2 Å². The van der Waals surface area contributed by atoms with Gasteiger partial charge in [-0.25, -0.2) is 0 Å². The fourth-order valence-corrected chi connectivity index (χ4v) is 5.23. The second kappa shape index (κ2) is 10.6. The van der Waals surface area contributed by atoms with Crippen LogP contribution in [0.15, 0.2) is 48.5 Å². The number of hydrogen-bond acceptors (Lipinski definition) is 4. The zero-order chi connectivity index (χ0) is 22.4. The highest BCUT2D eigenvalue weighted by Gasteiger charge is 2.39. The first-order chi connectivity index (χ1) is 15.6. The van der Waals surface area contributed by atoms with Crippen LogP contribution in [-0.4, -0.2) is 49.2 Å². The van der Waals surface area contributed by atoms with Gasteiger partial charge >= 0.3 is 0 Å². The monoisotopic (exact) mass is 435 g/mol. The molecule has 1 aliphatic carbocycles. The Labute approximate surface area is 192 Å². The molecule has 0 aromatic heterocycles. The number of amides is 1. The van der Waals surface area contributed by atoms with E-state index in [0.29, 0.717) is 0 Å². The number of morpholine rings is 1. The van der Waals surface area contributed by atoms with Gasteiger partial charge in [0.05, 0.1) is 13.2 Å². The lowest BCUT2D eigenvalue weighted by molar-refractivity contribution is -0.118. The van der Waals surface area contributed by atoms with Crippen molar-refractivity contribution in [2.75, 3.05) is 38.2 Å². The van der Waals surface area contributed by atoms with Gasteiger partial charge in [0.1, 0.15) is 6.04 Å². The Balaban J connectivity index is 1.55. The Morgan fingerprint density at radius 1 is 1.03 bits per heavy atom. The van der Waals surface area contributed by atoms with Crippen LogP contribution >= 0.6 is 0 Å². The number of nitrogens with zero attached hydrogens (tertiary/aromatic N) is 1. The Hall–Kier alpha value is -2.21. The van der Waals surface area contributed by atoms with Crippen LogP contribution in [0.4, 0.5) is 5.69 Å². The van der Waals surface area contributed by atoms with Crippen molar-refractivity contribution in [3.05, 3.63) is 65.2 Å². The summed E-state index contributed by atoms with van der Waals surface area (Å²) in [4.78, 5) is 16.1. The summed E-state index contributed by atoms with van der Waals surface area (Å²) in [5.74, 6) is -0.00200. The maximum Gasteiger partial charge on any atom is 0.246 e. The first kappa shape index (κ1) is 23.0. The van der Waals surface area contributed by atoms with Crippen LogP contribution in [0.3, 0.4) is 0 Å². The van der Waals surface area contributed by atoms with Crippen LogP contribution in [0.2, 0.25) is 0 Å². The van der Waals surface area contributed by atoms with Gasteiger partial charge in [-0.2, -0.15) is 0 Å². The molecule has 1 saturated heterocycles. The molecule has 5 nitrogen and oxygen atoms in total. The Morgan fingerprint density at radius 2 is 1.75 bits per heavy atom. The molecule has 0 bridgehead atoms. The number of aryl methyl sites for hydroxylation is 2. The minimum atomic E-state index is -0.393. The molecule has 1 aliphatic heterocycles. The largest absolute Gasteiger partial charge is 0.379 e. The van der Waals surface area contributed by atoms with Crippen LogP contribution in [0.5, 0.6) is 0 Å². The molecule has 1 atom stereocenters. The normalized spacial score (nSPS) is 19.9. The minimum absolute atomic E-state index is 0.00200. The first-order valence-electron chi connectivity index (χ1n) is 12.1. The quantitative estimate of drug-likeness (QED) is 0.667. The Morgan fingerprint density at radius 3 is 2.47 bits per heavy atom. The summed E-state index contributed by atoms with van der Waals surface area (Å²) in [5.41, 5.74) is 4.21. The summed E-state index contributed by atoms with van der Waals surface area (Å²) in [6.45, 7) is 8.46. The van der Waals surface area contributed by atoms with Crippen molar-refractivity contribution in [1.82, 2.24) is 10.2 Å². The van der Waals surface area contributed by atoms with E-state index in [1.807, 2.05) is 43.3 Å². The maximum absolute atomic E-state index is 13.5. The number of rotatable bonds is 7. The summed E-state index contributed by atoms with van der Waals surface area (Å²) < 4.78 is 5.63.